The summed E-state index contributed by atoms with van der Waals surface area (Å²) in [5.74, 6) is 0.00667. The van der Waals surface area contributed by atoms with Gasteiger partial charge in [0.1, 0.15) is 0 Å². The van der Waals surface area contributed by atoms with E-state index in [9.17, 15) is 4.79 Å². The minimum absolute atomic E-state index is 0.00667. The molecule has 1 fully saturated rings. The molecule has 1 aliphatic heterocycles. The summed E-state index contributed by atoms with van der Waals surface area (Å²) in [4.78, 5) is 18.7. The van der Waals surface area contributed by atoms with E-state index in [1.807, 2.05) is 11.8 Å². The first-order valence-corrected chi connectivity index (χ1v) is 6.83. The quantitative estimate of drug-likeness (QED) is 0.780. The Hall–Kier alpha value is -1.09. The van der Waals surface area contributed by atoms with Crippen molar-refractivity contribution in [3.63, 3.8) is 0 Å². The maximum atomic E-state index is 12.6. The maximum absolute atomic E-state index is 12.6. The summed E-state index contributed by atoms with van der Waals surface area (Å²) in [6, 6.07) is 2.30. The van der Waals surface area contributed by atoms with Crippen molar-refractivity contribution in [3.05, 3.63) is 28.5 Å². The molecule has 1 aromatic heterocycles. The van der Waals surface area contributed by atoms with Gasteiger partial charge in [-0.25, -0.2) is 0 Å². The van der Waals surface area contributed by atoms with Gasteiger partial charge in [-0.1, -0.05) is 11.6 Å². The lowest BCUT2D eigenvalue weighted by atomic mass is 9.96. The lowest BCUT2D eigenvalue weighted by Gasteiger charge is -2.39. The van der Waals surface area contributed by atoms with Gasteiger partial charge in [-0.2, -0.15) is 0 Å². The molecule has 1 aromatic rings. The molecule has 1 amide bonds. The van der Waals surface area contributed by atoms with Gasteiger partial charge in [0.2, 0.25) is 0 Å². The first-order chi connectivity index (χ1) is 8.50. The van der Waals surface area contributed by atoms with Gasteiger partial charge in [-0.15, -0.1) is 0 Å². The van der Waals surface area contributed by atoms with Crippen LogP contribution >= 0.6 is 11.6 Å². The molecule has 0 radical (unpaired) electrons. The van der Waals surface area contributed by atoms with Crippen LogP contribution in [0.15, 0.2) is 12.3 Å². The first kappa shape index (κ1) is 13.3. The predicted octanol–water partition coefficient (Wildman–Crippen LogP) is 3.45. The fourth-order valence-corrected chi connectivity index (χ4v) is 2.93. The van der Waals surface area contributed by atoms with Crippen molar-refractivity contribution in [2.45, 2.75) is 52.1 Å². The molecule has 0 N–H and O–H groups in total. The number of rotatable bonds is 1. The van der Waals surface area contributed by atoms with E-state index in [4.69, 9.17) is 11.6 Å². The van der Waals surface area contributed by atoms with Gasteiger partial charge in [-0.05, 0) is 46.1 Å². The molecule has 2 atom stereocenters. The number of hydrogen-bond donors (Lipinski definition) is 0. The molecule has 0 bridgehead atoms. The van der Waals surface area contributed by atoms with Crippen molar-refractivity contribution in [2.24, 2.45) is 0 Å². The molecule has 98 valence electrons. The van der Waals surface area contributed by atoms with E-state index >= 15 is 0 Å². The van der Waals surface area contributed by atoms with Crippen LogP contribution in [0.3, 0.4) is 0 Å². The normalized spacial score (nSPS) is 24.1. The van der Waals surface area contributed by atoms with Crippen molar-refractivity contribution in [1.29, 1.82) is 0 Å². The summed E-state index contributed by atoms with van der Waals surface area (Å²) in [5.41, 5.74) is 1.35. The number of halogens is 1. The number of aromatic nitrogens is 1. The molecule has 0 aromatic carbocycles. The number of likely N-dealkylation sites (tertiary alicyclic amines) is 1. The number of carbonyl (C=O) groups excluding carboxylic acids is 1. The average Bonchev–Trinajstić information content (AvgIpc) is 2.28. The van der Waals surface area contributed by atoms with Gasteiger partial charge in [0.15, 0.2) is 0 Å². The summed E-state index contributed by atoms with van der Waals surface area (Å²) in [6.07, 6.45) is 4.90. The SMILES string of the molecule is Cc1cc(Cl)c(C(=O)N2C(C)CCCC2C)cn1. The van der Waals surface area contributed by atoms with Crippen LogP contribution in [0.2, 0.25) is 5.02 Å². The predicted molar refractivity (Wildman–Crippen MR) is 72.9 cm³/mol. The molecule has 0 spiro atoms. The summed E-state index contributed by atoms with van der Waals surface area (Å²) in [6.45, 7) is 6.07. The molecule has 0 saturated carbocycles. The average molecular weight is 267 g/mol. The Labute approximate surface area is 113 Å². The highest BCUT2D eigenvalue weighted by molar-refractivity contribution is 6.33. The van der Waals surface area contributed by atoms with Gasteiger partial charge in [0.05, 0.1) is 10.6 Å². The van der Waals surface area contributed by atoms with Crippen LogP contribution < -0.4 is 0 Å². The summed E-state index contributed by atoms with van der Waals surface area (Å²) < 4.78 is 0. The summed E-state index contributed by atoms with van der Waals surface area (Å²) in [5, 5.41) is 0.498. The number of pyridine rings is 1. The van der Waals surface area contributed by atoms with Gasteiger partial charge in [-0.3, -0.25) is 9.78 Å². The number of aryl methyl sites for hydroxylation is 1. The second-order valence-corrected chi connectivity index (χ2v) is 5.55. The zero-order valence-corrected chi connectivity index (χ0v) is 11.9. The Balaban J connectivity index is 2.29. The standard InChI is InChI=1S/C14H19ClN2O/c1-9-7-13(15)12(8-16-9)14(18)17-10(2)5-4-6-11(17)3/h7-8,10-11H,4-6H2,1-3H3. The molecule has 4 heteroatoms. The van der Waals surface area contributed by atoms with Crippen LogP contribution in [0.25, 0.3) is 0 Å². The zero-order valence-electron chi connectivity index (χ0n) is 11.1. The van der Waals surface area contributed by atoms with Crippen LogP contribution in [0, 0.1) is 6.92 Å². The van der Waals surface area contributed by atoms with Crippen molar-refractivity contribution in [3.8, 4) is 0 Å². The zero-order chi connectivity index (χ0) is 13.3. The number of carbonyl (C=O) groups is 1. The Morgan fingerprint density at radius 3 is 2.56 bits per heavy atom. The number of nitrogens with zero attached hydrogens (tertiary/aromatic N) is 2. The molecule has 1 aliphatic rings. The Bertz CT molecular complexity index is 451. The van der Waals surface area contributed by atoms with Crippen LogP contribution in [-0.2, 0) is 0 Å². The van der Waals surface area contributed by atoms with E-state index in [0.29, 0.717) is 10.6 Å². The van der Waals surface area contributed by atoms with Crippen LogP contribution in [0.5, 0.6) is 0 Å². The van der Waals surface area contributed by atoms with Gasteiger partial charge in [0, 0.05) is 24.0 Å². The maximum Gasteiger partial charge on any atom is 0.257 e. The second kappa shape index (κ2) is 5.27. The second-order valence-electron chi connectivity index (χ2n) is 5.15. The smallest absolute Gasteiger partial charge is 0.257 e. The van der Waals surface area contributed by atoms with Crippen molar-refractivity contribution >= 4 is 17.5 Å². The summed E-state index contributed by atoms with van der Waals surface area (Å²) >= 11 is 6.15. The summed E-state index contributed by atoms with van der Waals surface area (Å²) in [7, 11) is 0. The first-order valence-electron chi connectivity index (χ1n) is 6.45. The van der Waals surface area contributed by atoms with Gasteiger partial charge < -0.3 is 4.90 Å². The van der Waals surface area contributed by atoms with Crippen molar-refractivity contribution in [2.75, 3.05) is 0 Å². The Morgan fingerprint density at radius 2 is 2.00 bits per heavy atom. The number of amides is 1. The van der Waals surface area contributed by atoms with E-state index in [2.05, 4.69) is 18.8 Å². The molecule has 2 unspecified atom stereocenters. The highest BCUT2D eigenvalue weighted by atomic mass is 35.5. The van der Waals surface area contributed by atoms with Gasteiger partial charge >= 0.3 is 0 Å². The molecule has 0 aliphatic carbocycles. The molecular formula is C14H19ClN2O. The van der Waals surface area contributed by atoms with E-state index in [0.717, 1.165) is 18.5 Å². The fourth-order valence-electron chi connectivity index (χ4n) is 2.64. The van der Waals surface area contributed by atoms with Gasteiger partial charge in [0.25, 0.3) is 5.91 Å². The third-order valence-electron chi connectivity index (χ3n) is 3.65. The van der Waals surface area contributed by atoms with E-state index < -0.39 is 0 Å². The monoisotopic (exact) mass is 266 g/mol. The van der Waals surface area contributed by atoms with Crippen molar-refractivity contribution in [1.82, 2.24) is 9.88 Å². The van der Waals surface area contributed by atoms with E-state index in [-0.39, 0.29) is 18.0 Å². The molecule has 2 rings (SSSR count). The van der Waals surface area contributed by atoms with Crippen LogP contribution in [-0.4, -0.2) is 27.9 Å². The highest BCUT2D eigenvalue weighted by Gasteiger charge is 2.30. The van der Waals surface area contributed by atoms with E-state index in [1.54, 1.807) is 12.3 Å². The molecular weight excluding hydrogens is 248 g/mol. The number of piperidine rings is 1. The van der Waals surface area contributed by atoms with Crippen molar-refractivity contribution < 1.29 is 4.79 Å². The fraction of sp³-hybridized carbons (Fsp3) is 0.571. The minimum atomic E-state index is 0.00667. The third-order valence-corrected chi connectivity index (χ3v) is 3.96. The van der Waals surface area contributed by atoms with E-state index in [1.165, 1.54) is 6.42 Å². The lowest BCUT2D eigenvalue weighted by Crippen LogP contribution is -2.47. The molecule has 18 heavy (non-hydrogen) atoms. The number of hydrogen-bond acceptors (Lipinski definition) is 2. The molecule has 1 saturated heterocycles. The minimum Gasteiger partial charge on any atom is -0.333 e. The Morgan fingerprint density at radius 1 is 1.39 bits per heavy atom. The van der Waals surface area contributed by atoms with Crippen LogP contribution in [0.4, 0.5) is 0 Å². The highest BCUT2D eigenvalue weighted by Crippen LogP contribution is 2.26. The lowest BCUT2D eigenvalue weighted by molar-refractivity contribution is 0.0510. The van der Waals surface area contributed by atoms with Crippen LogP contribution in [0.1, 0.15) is 49.2 Å². The topological polar surface area (TPSA) is 33.2 Å². The molecule has 3 nitrogen and oxygen atoms in total. The third kappa shape index (κ3) is 2.51. The Kier molecular flexibility index (Phi) is 3.91. The molecule has 2 heterocycles. The largest absolute Gasteiger partial charge is 0.333 e.